The Kier molecular flexibility index (Phi) is 7.79. The number of hydrogen-bond acceptors (Lipinski definition) is 3. The van der Waals surface area contributed by atoms with E-state index >= 15 is 0 Å². The van der Waals surface area contributed by atoms with Crippen molar-refractivity contribution in [2.45, 2.75) is 39.7 Å². The molecule has 1 amide bonds. The summed E-state index contributed by atoms with van der Waals surface area (Å²) in [6, 6.07) is 17.1. The van der Waals surface area contributed by atoms with Crippen LogP contribution < -0.4 is 0 Å². The van der Waals surface area contributed by atoms with Crippen molar-refractivity contribution in [2.75, 3.05) is 31.9 Å². The SMILES string of the molecule is Cc1cccc(C(=O)N2CCN(CC(C)CS)C(CCc3ccccc3)C2)c1C. The van der Waals surface area contributed by atoms with Crippen LogP contribution in [-0.4, -0.2) is 53.7 Å². The summed E-state index contributed by atoms with van der Waals surface area (Å²) in [6.07, 6.45) is 2.11. The van der Waals surface area contributed by atoms with Gasteiger partial charge in [-0.1, -0.05) is 49.4 Å². The molecule has 0 aromatic heterocycles. The molecule has 156 valence electrons. The summed E-state index contributed by atoms with van der Waals surface area (Å²) >= 11 is 4.48. The van der Waals surface area contributed by atoms with Crippen LogP contribution in [0.15, 0.2) is 48.5 Å². The summed E-state index contributed by atoms with van der Waals surface area (Å²) in [4.78, 5) is 17.9. The maximum absolute atomic E-state index is 13.3. The van der Waals surface area contributed by atoms with Crippen LogP contribution in [0.3, 0.4) is 0 Å². The lowest BCUT2D eigenvalue weighted by molar-refractivity contribution is 0.0431. The Hall–Kier alpha value is -1.78. The van der Waals surface area contributed by atoms with Gasteiger partial charge in [0.15, 0.2) is 0 Å². The fraction of sp³-hybridized carbons (Fsp3) is 0.480. The summed E-state index contributed by atoms with van der Waals surface area (Å²) in [6.45, 7) is 9.98. The molecule has 0 N–H and O–H groups in total. The van der Waals surface area contributed by atoms with Gasteiger partial charge in [0.25, 0.3) is 5.91 Å². The first-order chi connectivity index (χ1) is 14.0. The Morgan fingerprint density at radius 1 is 1.10 bits per heavy atom. The minimum atomic E-state index is 0.179. The zero-order valence-corrected chi connectivity index (χ0v) is 18.9. The van der Waals surface area contributed by atoms with Crippen molar-refractivity contribution in [2.24, 2.45) is 5.92 Å². The van der Waals surface area contributed by atoms with Gasteiger partial charge in [-0.05, 0) is 61.1 Å². The highest BCUT2D eigenvalue weighted by molar-refractivity contribution is 7.80. The average molecular weight is 411 g/mol. The maximum Gasteiger partial charge on any atom is 0.254 e. The first kappa shape index (κ1) is 21.9. The normalized spacial score (nSPS) is 18.6. The molecule has 2 unspecified atom stereocenters. The topological polar surface area (TPSA) is 23.6 Å². The van der Waals surface area contributed by atoms with Gasteiger partial charge in [-0.3, -0.25) is 9.69 Å². The van der Waals surface area contributed by atoms with Gasteiger partial charge in [0.05, 0.1) is 0 Å². The van der Waals surface area contributed by atoms with Crippen LogP contribution in [0.2, 0.25) is 0 Å². The highest BCUT2D eigenvalue weighted by Gasteiger charge is 2.30. The van der Waals surface area contributed by atoms with E-state index in [-0.39, 0.29) is 5.91 Å². The number of aryl methyl sites for hydroxylation is 2. The number of amides is 1. The second-order valence-corrected chi connectivity index (χ2v) is 8.82. The molecule has 2 aromatic rings. The van der Waals surface area contributed by atoms with Gasteiger partial charge < -0.3 is 4.90 Å². The van der Waals surface area contributed by atoms with E-state index in [4.69, 9.17) is 0 Å². The fourth-order valence-corrected chi connectivity index (χ4v) is 4.30. The molecule has 0 spiro atoms. The molecule has 3 nitrogen and oxygen atoms in total. The standard InChI is InChI=1S/C25H34N2OS/c1-19(18-29)16-26-14-15-27(25(28)24-11-7-8-20(2)21(24)3)17-23(26)13-12-22-9-5-4-6-10-22/h4-11,19,23,29H,12-18H2,1-3H3. The van der Waals surface area contributed by atoms with Gasteiger partial charge in [-0.15, -0.1) is 0 Å². The predicted molar refractivity (Wildman–Crippen MR) is 125 cm³/mol. The van der Waals surface area contributed by atoms with Gasteiger partial charge in [0, 0.05) is 37.8 Å². The van der Waals surface area contributed by atoms with E-state index in [0.29, 0.717) is 12.0 Å². The van der Waals surface area contributed by atoms with E-state index in [0.717, 1.165) is 55.9 Å². The van der Waals surface area contributed by atoms with E-state index in [1.165, 1.54) is 11.1 Å². The number of rotatable bonds is 7. The smallest absolute Gasteiger partial charge is 0.254 e. The van der Waals surface area contributed by atoms with Crippen LogP contribution in [0.5, 0.6) is 0 Å². The van der Waals surface area contributed by atoms with Gasteiger partial charge in [-0.25, -0.2) is 0 Å². The molecule has 1 fully saturated rings. The van der Waals surface area contributed by atoms with E-state index < -0.39 is 0 Å². The molecular formula is C25H34N2OS. The third-order valence-corrected chi connectivity index (χ3v) is 6.82. The lowest BCUT2D eigenvalue weighted by atomic mass is 9.98. The van der Waals surface area contributed by atoms with Crippen molar-refractivity contribution in [3.8, 4) is 0 Å². The zero-order chi connectivity index (χ0) is 20.8. The van der Waals surface area contributed by atoms with Crippen LogP contribution in [0, 0.1) is 19.8 Å². The maximum atomic E-state index is 13.3. The number of thiol groups is 1. The Morgan fingerprint density at radius 2 is 1.86 bits per heavy atom. The highest BCUT2D eigenvalue weighted by atomic mass is 32.1. The van der Waals surface area contributed by atoms with Gasteiger partial charge in [0.2, 0.25) is 0 Å². The van der Waals surface area contributed by atoms with Crippen molar-refractivity contribution in [1.29, 1.82) is 0 Å². The number of carbonyl (C=O) groups is 1. The van der Waals surface area contributed by atoms with Crippen LogP contribution >= 0.6 is 12.6 Å². The van der Waals surface area contributed by atoms with Crippen molar-refractivity contribution >= 4 is 18.5 Å². The summed E-state index contributed by atoms with van der Waals surface area (Å²) in [5.74, 6) is 1.63. The Labute approximate surface area is 181 Å². The van der Waals surface area contributed by atoms with Crippen LogP contribution in [0.25, 0.3) is 0 Å². The average Bonchev–Trinajstić information content (AvgIpc) is 2.75. The third-order valence-electron chi connectivity index (χ3n) is 6.19. The quantitative estimate of drug-likeness (QED) is 0.673. The molecule has 0 radical (unpaired) electrons. The molecule has 1 aliphatic heterocycles. The largest absolute Gasteiger partial charge is 0.336 e. The molecule has 0 bridgehead atoms. The minimum absolute atomic E-state index is 0.179. The van der Waals surface area contributed by atoms with Crippen molar-refractivity contribution in [1.82, 2.24) is 9.80 Å². The molecule has 29 heavy (non-hydrogen) atoms. The number of piperazine rings is 1. The predicted octanol–water partition coefficient (Wildman–Crippen LogP) is 4.63. The first-order valence-corrected chi connectivity index (χ1v) is 11.4. The minimum Gasteiger partial charge on any atom is -0.336 e. The number of benzene rings is 2. The highest BCUT2D eigenvalue weighted by Crippen LogP contribution is 2.21. The summed E-state index contributed by atoms with van der Waals surface area (Å²) in [5, 5.41) is 0. The van der Waals surface area contributed by atoms with E-state index in [2.05, 4.69) is 79.6 Å². The number of carbonyl (C=O) groups excluding carboxylic acids is 1. The van der Waals surface area contributed by atoms with E-state index in [1.54, 1.807) is 0 Å². The molecule has 0 saturated carbocycles. The van der Waals surface area contributed by atoms with Crippen molar-refractivity contribution in [3.05, 3.63) is 70.8 Å². The van der Waals surface area contributed by atoms with Crippen LogP contribution in [-0.2, 0) is 6.42 Å². The number of nitrogens with zero attached hydrogens (tertiary/aromatic N) is 2. The molecule has 2 atom stereocenters. The molecule has 1 heterocycles. The van der Waals surface area contributed by atoms with Crippen molar-refractivity contribution in [3.63, 3.8) is 0 Å². The van der Waals surface area contributed by atoms with E-state index in [1.807, 2.05) is 12.1 Å². The fourth-order valence-electron chi connectivity index (χ4n) is 4.18. The van der Waals surface area contributed by atoms with Crippen molar-refractivity contribution < 1.29 is 4.79 Å². The van der Waals surface area contributed by atoms with Crippen LogP contribution in [0.1, 0.15) is 40.4 Å². The molecule has 0 aliphatic carbocycles. The molecule has 3 rings (SSSR count). The summed E-state index contributed by atoms with van der Waals surface area (Å²) in [7, 11) is 0. The molecule has 1 saturated heterocycles. The van der Waals surface area contributed by atoms with Gasteiger partial charge >= 0.3 is 0 Å². The first-order valence-electron chi connectivity index (χ1n) is 10.7. The van der Waals surface area contributed by atoms with Gasteiger partial charge in [-0.2, -0.15) is 12.6 Å². The zero-order valence-electron chi connectivity index (χ0n) is 18.0. The third kappa shape index (κ3) is 5.64. The molecule has 2 aromatic carbocycles. The second kappa shape index (κ2) is 10.3. The van der Waals surface area contributed by atoms with E-state index in [9.17, 15) is 4.79 Å². The summed E-state index contributed by atoms with van der Waals surface area (Å²) in [5.41, 5.74) is 4.50. The van der Waals surface area contributed by atoms with Crippen LogP contribution in [0.4, 0.5) is 0 Å². The lowest BCUT2D eigenvalue weighted by Gasteiger charge is -2.42. The number of hydrogen-bond donors (Lipinski definition) is 1. The molecule has 1 aliphatic rings. The Balaban J connectivity index is 1.73. The lowest BCUT2D eigenvalue weighted by Crippen LogP contribution is -2.55. The monoisotopic (exact) mass is 410 g/mol. The second-order valence-electron chi connectivity index (χ2n) is 8.46. The Bertz CT molecular complexity index is 808. The molecular weight excluding hydrogens is 376 g/mol. The molecule has 4 heteroatoms. The van der Waals surface area contributed by atoms with Gasteiger partial charge in [0.1, 0.15) is 0 Å². The summed E-state index contributed by atoms with van der Waals surface area (Å²) < 4.78 is 0. The Morgan fingerprint density at radius 3 is 2.59 bits per heavy atom.